The van der Waals surface area contributed by atoms with Crippen molar-refractivity contribution in [3.8, 4) is 5.75 Å². The van der Waals surface area contributed by atoms with E-state index in [1.165, 1.54) is 6.08 Å². The van der Waals surface area contributed by atoms with Crippen molar-refractivity contribution in [2.24, 2.45) is 0 Å². The molecule has 0 saturated carbocycles. The number of benzene rings is 2. The van der Waals surface area contributed by atoms with Crippen molar-refractivity contribution in [3.05, 3.63) is 71.9 Å². The van der Waals surface area contributed by atoms with Gasteiger partial charge in [-0.25, -0.2) is 4.79 Å². The number of aryl methyl sites for hydroxylation is 1. The van der Waals surface area contributed by atoms with Crippen molar-refractivity contribution in [2.75, 3.05) is 19.0 Å². The number of para-hydroxylation sites is 1. The van der Waals surface area contributed by atoms with Crippen LogP contribution in [0.1, 0.15) is 18.2 Å². The van der Waals surface area contributed by atoms with Crippen molar-refractivity contribution in [1.29, 1.82) is 0 Å². The molecule has 0 aliphatic carbocycles. The Labute approximate surface area is 158 Å². The van der Waals surface area contributed by atoms with Gasteiger partial charge in [-0.15, -0.1) is 0 Å². The topological polar surface area (TPSA) is 60.5 Å². The predicted molar refractivity (Wildman–Crippen MR) is 108 cm³/mol. The van der Waals surface area contributed by atoms with Gasteiger partial charge in [0.2, 0.25) is 0 Å². The molecule has 27 heavy (non-hydrogen) atoms. The lowest BCUT2D eigenvalue weighted by Gasteiger charge is -2.15. The fourth-order valence-electron chi connectivity index (χ4n) is 2.86. The van der Waals surface area contributed by atoms with Gasteiger partial charge in [0, 0.05) is 23.2 Å². The molecule has 1 aromatic heterocycles. The number of ether oxygens (including phenoxy) is 2. The van der Waals surface area contributed by atoms with Crippen LogP contribution in [0.4, 0.5) is 5.69 Å². The van der Waals surface area contributed by atoms with Crippen LogP contribution in [0.15, 0.2) is 60.7 Å². The summed E-state index contributed by atoms with van der Waals surface area (Å²) >= 11 is 0. The lowest BCUT2D eigenvalue weighted by Crippen LogP contribution is -2.06. The Bertz CT molecular complexity index is 982. The number of nitrogens with one attached hydrogen (secondary N) is 1. The maximum absolute atomic E-state index is 12.1. The summed E-state index contributed by atoms with van der Waals surface area (Å²) in [5, 5.41) is 4.25. The molecule has 3 aromatic rings. The first kappa shape index (κ1) is 18.5. The summed E-state index contributed by atoms with van der Waals surface area (Å²) in [6.45, 7) is 4.03. The predicted octanol–water partition coefficient (Wildman–Crippen LogP) is 4.57. The first-order chi connectivity index (χ1) is 13.1. The Morgan fingerprint density at radius 1 is 1.15 bits per heavy atom. The highest BCUT2D eigenvalue weighted by molar-refractivity contribution is 6.00. The van der Waals surface area contributed by atoms with E-state index < -0.39 is 5.97 Å². The van der Waals surface area contributed by atoms with Gasteiger partial charge < -0.3 is 14.8 Å². The van der Waals surface area contributed by atoms with Crippen LogP contribution in [0.3, 0.4) is 0 Å². The van der Waals surface area contributed by atoms with E-state index in [-0.39, 0.29) is 0 Å². The molecule has 0 aliphatic heterocycles. The normalized spacial score (nSPS) is 11.3. The maximum atomic E-state index is 12.1. The summed E-state index contributed by atoms with van der Waals surface area (Å²) in [7, 11) is 1.64. The average molecular weight is 362 g/mol. The van der Waals surface area contributed by atoms with E-state index in [1.54, 1.807) is 14.0 Å². The molecule has 2 aromatic carbocycles. The monoisotopic (exact) mass is 362 g/mol. The standard InChI is InChI=1S/C22H22N2O3/c1-4-27-21(25)14-19(16-9-6-5-7-10-16)24-18-12-8-11-17-20(26-3)13-15(2)23-22(17)18/h5-14,24H,4H2,1-3H3. The van der Waals surface area contributed by atoms with Gasteiger partial charge in [-0.05, 0) is 31.5 Å². The minimum absolute atomic E-state index is 0.323. The number of hydrogen-bond donors (Lipinski definition) is 1. The Balaban J connectivity index is 2.09. The fourth-order valence-corrected chi connectivity index (χ4v) is 2.86. The van der Waals surface area contributed by atoms with Crippen molar-refractivity contribution in [1.82, 2.24) is 4.98 Å². The van der Waals surface area contributed by atoms with Crippen LogP contribution >= 0.6 is 0 Å². The SMILES string of the molecule is CCOC(=O)C=C(Nc1cccc2c(OC)cc(C)nc12)c1ccccc1. The molecular weight excluding hydrogens is 340 g/mol. The van der Waals surface area contributed by atoms with E-state index in [4.69, 9.17) is 9.47 Å². The number of fused-ring (bicyclic) bond motifs is 1. The first-order valence-corrected chi connectivity index (χ1v) is 8.77. The van der Waals surface area contributed by atoms with E-state index in [2.05, 4.69) is 10.3 Å². The Hall–Kier alpha value is -3.34. The zero-order chi connectivity index (χ0) is 19.2. The first-order valence-electron chi connectivity index (χ1n) is 8.77. The van der Waals surface area contributed by atoms with Crippen molar-refractivity contribution < 1.29 is 14.3 Å². The number of aromatic nitrogens is 1. The molecule has 0 amide bonds. The Morgan fingerprint density at radius 2 is 1.93 bits per heavy atom. The second-order valence-corrected chi connectivity index (χ2v) is 5.97. The van der Waals surface area contributed by atoms with Crippen LogP contribution in [0, 0.1) is 6.92 Å². The lowest BCUT2D eigenvalue weighted by atomic mass is 10.1. The maximum Gasteiger partial charge on any atom is 0.332 e. The fraction of sp³-hybridized carbons (Fsp3) is 0.182. The summed E-state index contributed by atoms with van der Waals surface area (Å²) in [5.74, 6) is 0.364. The van der Waals surface area contributed by atoms with Crippen LogP contribution in [0.25, 0.3) is 16.6 Å². The van der Waals surface area contributed by atoms with Gasteiger partial charge in [-0.1, -0.05) is 36.4 Å². The van der Waals surface area contributed by atoms with E-state index in [1.807, 2.05) is 61.5 Å². The molecule has 0 bridgehead atoms. The van der Waals surface area contributed by atoms with E-state index in [0.717, 1.165) is 33.6 Å². The van der Waals surface area contributed by atoms with Crippen LogP contribution in [-0.4, -0.2) is 24.7 Å². The van der Waals surface area contributed by atoms with Gasteiger partial charge in [0.15, 0.2) is 0 Å². The summed E-state index contributed by atoms with van der Waals surface area (Å²) in [6, 6.07) is 17.4. The average Bonchev–Trinajstić information content (AvgIpc) is 2.68. The molecule has 0 radical (unpaired) electrons. The van der Waals surface area contributed by atoms with E-state index in [9.17, 15) is 4.79 Å². The number of esters is 1. The molecule has 1 heterocycles. The number of methoxy groups -OCH3 is 1. The molecule has 1 N–H and O–H groups in total. The molecule has 0 spiro atoms. The van der Waals surface area contributed by atoms with Gasteiger partial charge in [0.1, 0.15) is 5.75 Å². The molecule has 0 unspecified atom stereocenters. The third-order valence-electron chi connectivity index (χ3n) is 4.05. The third kappa shape index (κ3) is 4.26. The van der Waals surface area contributed by atoms with E-state index >= 15 is 0 Å². The molecule has 0 fully saturated rings. The Kier molecular flexibility index (Phi) is 5.71. The van der Waals surface area contributed by atoms with Gasteiger partial charge in [-0.2, -0.15) is 0 Å². The molecule has 0 saturated heterocycles. The number of pyridine rings is 1. The van der Waals surface area contributed by atoms with Crippen molar-refractivity contribution in [3.63, 3.8) is 0 Å². The second kappa shape index (κ2) is 8.36. The van der Waals surface area contributed by atoms with Crippen molar-refractivity contribution in [2.45, 2.75) is 13.8 Å². The quantitative estimate of drug-likeness (QED) is 0.514. The summed E-state index contributed by atoms with van der Waals surface area (Å²) in [4.78, 5) is 16.7. The molecule has 3 rings (SSSR count). The van der Waals surface area contributed by atoms with Gasteiger partial charge in [-0.3, -0.25) is 4.98 Å². The highest BCUT2D eigenvalue weighted by Gasteiger charge is 2.12. The largest absolute Gasteiger partial charge is 0.496 e. The van der Waals surface area contributed by atoms with Crippen LogP contribution in [-0.2, 0) is 9.53 Å². The van der Waals surface area contributed by atoms with Gasteiger partial charge in [0.25, 0.3) is 0 Å². The lowest BCUT2D eigenvalue weighted by molar-refractivity contribution is -0.137. The van der Waals surface area contributed by atoms with Crippen LogP contribution in [0.5, 0.6) is 5.75 Å². The van der Waals surface area contributed by atoms with Gasteiger partial charge >= 0.3 is 5.97 Å². The highest BCUT2D eigenvalue weighted by atomic mass is 16.5. The minimum atomic E-state index is -0.397. The minimum Gasteiger partial charge on any atom is -0.496 e. The summed E-state index contributed by atoms with van der Waals surface area (Å²) < 4.78 is 10.6. The number of nitrogens with zero attached hydrogens (tertiary/aromatic N) is 1. The highest BCUT2D eigenvalue weighted by Crippen LogP contribution is 2.31. The van der Waals surface area contributed by atoms with E-state index in [0.29, 0.717) is 12.3 Å². The van der Waals surface area contributed by atoms with Crippen LogP contribution < -0.4 is 10.1 Å². The Morgan fingerprint density at radius 3 is 2.63 bits per heavy atom. The van der Waals surface area contributed by atoms with Gasteiger partial charge in [0.05, 0.1) is 30.6 Å². The summed E-state index contributed by atoms with van der Waals surface area (Å²) in [6.07, 6.45) is 1.46. The third-order valence-corrected chi connectivity index (χ3v) is 4.05. The van der Waals surface area contributed by atoms with Crippen LogP contribution in [0.2, 0.25) is 0 Å². The molecular formula is C22H22N2O3. The number of rotatable bonds is 6. The zero-order valence-electron chi connectivity index (χ0n) is 15.7. The molecule has 0 aliphatic rings. The second-order valence-electron chi connectivity index (χ2n) is 5.97. The number of hydrogen-bond acceptors (Lipinski definition) is 5. The molecule has 138 valence electrons. The van der Waals surface area contributed by atoms with Crippen molar-refractivity contribution >= 4 is 28.3 Å². The molecule has 5 heteroatoms. The zero-order valence-corrected chi connectivity index (χ0v) is 15.7. The summed E-state index contributed by atoms with van der Waals surface area (Å²) in [5.41, 5.74) is 3.93. The molecule has 5 nitrogen and oxygen atoms in total. The number of carbonyl (C=O) groups is 1. The molecule has 0 atom stereocenters. The smallest absolute Gasteiger partial charge is 0.332 e. The number of carbonyl (C=O) groups excluding carboxylic acids is 1. The number of anilines is 1.